The Kier molecular flexibility index (Phi) is 7.17. The smallest absolute Gasteiger partial charge is 0.263 e. The van der Waals surface area contributed by atoms with E-state index >= 15 is 0 Å². The van der Waals surface area contributed by atoms with Gasteiger partial charge in [0.1, 0.15) is 28.5 Å². The number of aromatic nitrogens is 3. The van der Waals surface area contributed by atoms with Gasteiger partial charge in [0.15, 0.2) is 6.61 Å². The van der Waals surface area contributed by atoms with Gasteiger partial charge in [0, 0.05) is 38.2 Å². The molecule has 8 heteroatoms. The van der Waals surface area contributed by atoms with Gasteiger partial charge in [-0.3, -0.25) is 4.79 Å². The van der Waals surface area contributed by atoms with Crippen molar-refractivity contribution in [3.63, 3.8) is 0 Å². The molecule has 1 saturated heterocycles. The van der Waals surface area contributed by atoms with Crippen molar-refractivity contribution in [3.8, 4) is 17.0 Å². The average Bonchev–Trinajstić information content (AvgIpc) is 3.49. The normalized spacial score (nSPS) is 13.5. The molecule has 8 nitrogen and oxygen atoms in total. The highest BCUT2D eigenvalue weighted by molar-refractivity contribution is 6.00. The van der Waals surface area contributed by atoms with E-state index in [4.69, 9.17) is 19.2 Å². The van der Waals surface area contributed by atoms with Crippen LogP contribution in [0.5, 0.6) is 5.75 Å². The third kappa shape index (κ3) is 5.64. The van der Waals surface area contributed by atoms with E-state index in [9.17, 15) is 4.79 Å². The first-order chi connectivity index (χ1) is 21.1. The van der Waals surface area contributed by atoms with E-state index in [1.807, 2.05) is 47.4 Å². The fourth-order valence-electron chi connectivity index (χ4n) is 5.53. The Morgan fingerprint density at radius 2 is 1.58 bits per heavy atom. The Balaban J connectivity index is 1.19. The number of aryl methyl sites for hydroxylation is 1. The second kappa shape index (κ2) is 11.6. The van der Waals surface area contributed by atoms with E-state index in [0.717, 1.165) is 33.1 Å². The van der Waals surface area contributed by atoms with Crippen molar-refractivity contribution in [2.45, 2.75) is 13.3 Å². The van der Waals surface area contributed by atoms with Crippen LogP contribution in [0.3, 0.4) is 0 Å². The van der Waals surface area contributed by atoms with Gasteiger partial charge >= 0.3 is 0 Å². The highest BCUT2D eigenvalue weighted by Gasteiger charge is 2.27. The topological polar surface area (TPSA) is 84.6 Å². The minimum Gasteiger partial charge on any atom is -0.484 e. The number of ether oxygens (including phenoxy) is 1. The lowest BCUT2D eigenvalue weighted by atomic mass is 10.0. The Labute approximate surface area is 249 Å². The zero-order valence-electron chi connectivity index (χ0n) is 23.9. The number of para-hydroxylation sites is 1. The van der Waals surface area contributed by atoms with E-state index < -0.39 is 0 Å². The maximum atomic E-state index is 12.9. The summed E-state index contributed by atoms with van der Waals surface area (Å²) < 4.78 is 11.6. The molecule has 0 unspecified atom stereocenters. The molecular formula is C35H31N5O3. The summed E-state index contributed by atoms with van der Waals surface area (Å²) in [6.45, 7) is 4.45. The molecule has 0 N–H and O–H groups in total. The molecule has 3 heterocycles. The van der Waals surface area contributed by atoms with Crippen LogP contribution < -0.4 is 9.64 Å². The van der Waals surface area contributed by atoms with Crippen LogP contribution in [0.1, 0.15) is 17.0 Å². The minimum absolute atomic E-state index is 0.0141. The Hall–Kier alpha value is -5.24. The molecule has 1 fully saturated rings. The van der Waals surface area contributed by atoms with E-state index in [-0.39, 0.29) is 12.5 Å². The minimum atomic E-state index is -0.0294. The second-order valence-corrected chi connectivity index (χ2v) is 10.9. The van der Waals surface area contributed by atoms with Crippen molar-refractivity contribution in [1.29, 1.82) is 0 Å². The van der Waals surface area contributed by atoms with Crippen LogP contribution in [0.25, 0.3) is 33.1 Å². The molecule has 1 amide bonds. The van der Waals surface area contributed by atoms with Crippen LogP contribution >= 0.6 is 0 Å². The van der Waals surface area contributed by atoms with Crippen LogP contribution in [0.2, 0.25) is 0 Å². The second-order valence-electron chi connectivity index (χ2n) is 10.9. The number of piperazine rings is 1. The van der Waals surface area contributed by atoms with Crippen molar-refractivity contribution in [3.05, 3.63) is 114 Å². The molecule has 214 valence electrons. The van der Waals surface area contributed by atoms with Gasteiger partial charge in [-0.1, -0.05) is 89.6 Å². The molecule has 7 rings (SSSR count). The molecule has 0 saturated carbocycles. The van der Waals surface area contributed by atoms with E-state index in [2.05, 4.69) is 71.6 Å². The zero-order chi connectivity index (χ0) is 29.2. The summed E-state index contributed by atoms with van der Waals surface area (Å²) in [5, 5.41) is 7.57. The van der Waals surface area contributed by atoms with Gasteiger partial charge in [-0.2, -0.15) is 4.98 Å². The zero-order valence-corrected chi connectivity index (χ0v) is 23.9. The Morgan fingerprint density at radius 3 is 2.37 bits per heavy atom. The third-order valence-corrected chi connectivity index (χ3v) is 7.91. The first-order valence-electron chi connectivity index (χ1n) is 14.5. The number of fused-ring (bicyclic) bond motifs is 2. The van der Waals surface area contributed by atoms with Crippen LogP contribution in [0.15, 0.2) is 102 Å². The van der Waals surface area contributed by atoms with Gasteiger partial charge in [-0.05, 0) is 41.5 Å². The number of anilines is 1. The van der Waals surface area contributed by atoms with Crippen LogP contribution in [0, 0.1) is 6.92 Å². The molecule has 2 aromatic heterocycles. The summed E-state index contributed by atoms with van der Waals surface area (Å²) in [5.74, 6) is 2.11. The summed E-state index contributed by atoms with van der Waals surface area (Å²) in [6, 6.07) is 32.4. The number of hydrogen-bond acceptors (Lipinski definition) is 7. The first-order valence-corrected chi connectivity index (χ1v) is 14.5. The van der Waals surface area contributed by atoms with Crippen molar-refractivity contribution in [2.24, 2.45) is 0 Å². The Morgan fingerprint density at radius 1 is 0.837 bits per heavy atom. The molecule has 6 aromatic rings. The monoisotopic (exact) mass is 569 g/mol. The van der Waals surface area contributed by atoms with E-state index in [1.54, 1.807) is 0 Å². The third-order valence-electron chi connectivity index (χ3n) is 7.91. The highest BCUT2D eigenvalue weighted by Crippen LogP contribution is 2.35. The number of amides is 1. The number of carbonyl (C=O) groups excluding carboxylic acids is 1. The molecule has 0 atom stereocenters. The lowest BCUT2D eigenvalue weighted by Crippen LogP contribution is -2.50. The van der Waals surface area contributed by atoms with Crippen LogP contribution in [-0.4, -0.2) is 58.7 Å². The van der Waals surface area contributed by atoms with Crippen molar-refractivity contribution in [2.75, 3.05) is 37.7 Å². The number of hydrogen-bond donors (Lipinski definition) is 0. The fourth-order valence-corrected chi connectivity index (χ4v) is 5.53. The molecule has 0 radical (unpaired) electrons. The fraction of sp³-hybridized carbons (Fsp3) is 0.200. The first kappa shape index (κ1) is 26.6. The molecule has 0 spiro atoms. The predicted octanol–water partition coefficient (Wildman–Crippen LogP) is 6.06. The van der Waals surface area contributed by atoms with Gasteiger partial charge in [0.05, 0.1) is 0 Å². The highest BCUT2D eigenvalue weighted by atomic mass is 16.5. The number of rotatable bonds is 7. The summed E-state index contributed by atoms with van der Waals surface area (Å²) >= 11 is 0. The molecule has 1 aliphatic rings. The molecule has 4 aromatic carbocycles. The molecular weight excluding hydrogens is 538 g/mol. The molecule has 1 aliphatic heterocycles. The largest absolute Gasteiger partial charge is 0.484 e. The summed E-state index contributed by atoms with van der Waals surface area (Å²) in [5.41, 5.74) is 4.45. The van der Waals surface area contributed by atoms with Gasteiger partial charge in [-0.15, -0.1) is 0 Å². The molecule has 0 bridgehead atoms. The number of benzene rings is 4. The SMILES string of the molecule is Cc1ccc(Cc2nc(N3CCN(C(=O)COc4ccccc4)CC3)c3c(-c4ccc5ccccc5c4)noc3n2)cc1. The summed E-state index contributed by atoms with van der Waals surface area (Å²) in [6.07, 6.45) is 0.574. The lowest BCUT2D eigenvalue weighted by Gasteiger charge is -2.35. The van der Waals surface area contributed by atoms with Gasteiger partial charge in [0.2, 0.25) is 0 Å². The quantitative estimate of drug-likeness (QED) is 0.231. The predicted molar refractivity (Wildman–Crippen MR) is 167 cm³/mol. The van der Waals surface area contributed by atoms with Crippen molar-refractivity contribution >= 4 is 33.6 Å². The van der Waals surface area contributed by atoms with Crippen LogP contribution in [-0.2, 0) is 11.2 Å². The Bertz CT molecular complexity index is 1890. The van der Waals surface area contributed by atoms with E-state index in [0.29, 0.717) is 55.6 Å². The number of nitrogens with zero attached hydrogens (tertiary/aromatic N) is 5. The van der Waals surface area contributed by atoms with Crippen molar-refractivity contribution in [1.82, 2.24) is 20.0 Å². The summed E-state index contributed by atoms with van der Waals surface area (Å²) in [7, 11) is 0. The van der Waals surface area contributed by atoms with Gasteiger partial charge < -0.3 is 19.1 Å². The lowest BCUT2D eigenvalue weighted by molar-refractivity contribution is -0.133. The maximum Gasteiger partial charge on any atom is 0.263 e. The standard InChI is InChI=1S/C35H31N5O3/c1-24-11-13-25(14-12-24)21-30-36-34(40-19-17-39(18-20-40)31(41)23-42-29-9-3-2-4-10-29)32-33(38-43-35(32)37-30)28-16-15-26-7-5-6-8-27(26)22-28/h2-16,22H,17-21,23H2,1H3. The van der Waals surface area contributed by atoms with Gasteiger partial charge in [0.25, 0.3) is 11.6 Å². The summed E-state index contributed by atoms with van der Waals surface area (Å²) in [4.78, 5) is 26.9. The molecule has 0 aliphatic carbocycles. The van der Waals surface area contributed by atoms with Crippen molar-refractivity contribution < 1.29 is 14.1 Å². The number of carbonyl (C=O) groups is 1. The van der Waals surface area contributed by atoms with Crippen LogP contribution in [0.4, 0.5) is 5.82 Å². The molecule has 43 heavy (non-hydrogen) atoms. The average molecular weight is 570 g/mol. The van der Waals surface area contributed by atoms with Gasteiger partial charge in [-0.25, -0.2) is 4.98 Å². The maximum absolute atomic E-state index is 12.9. The van der Waals surface area contributed by atoms with E-state index in [1.165, 1.54) is 5.56 Å².